The van der Waals surface area contributed by atoms with Crippen molar-refractivity contribution in [3.8, 4) is 0 Å². The summed E-state index contributed by atoms with van der Waals surface area (Å²) in [6.45, 7) is 10.5. The summed E-state index contributed by atoms with van der Waals surface area (Å²) in [6.07, 6.45) is 6.07. The molecule has 0 amide bonds. The highest BCUT2D eigenvalue weighted by Crippen LogP contribution is 2.19. The Kier molecular flexibility index (Phi) is 9.29. The first-order valence-corrected chi connectivity index (χ1v) is 11.6. The van der Waals surface area contributed by atoms with Crippen LogP contribution >= 0.6 is 0 Å². The zero-order valence-electron chi connectivity index (χ0n) is 18.5. The normalized spacial score (nSPS) is 21.4. The summed E-state index contributed by atoms with van der Waals surface area (Å²) < 4.78 is 5.49. The molecule has 2 fully saturated rings. The maximum Gasteiger partial charge on any atom is 0.193 e. The van der Waals surface area contributed by atoms with E-state index in [1.165, 1.54) is 44.3 Å². The Balaban J connectivity index is 1.40. The number of hydrogen-bond donors (Lipinski definition) is 1. The Hall–Kier alpha value is -1.59. The number of nitrogens with one attached hydrogen (secondary N) is 1. The summed E-state index contributed by atoms with van der Waals surface area (Å²) in [5.41, 5.74) is 1.44. The van der Waals surface area contributed by atoms with E-state index >= 15 is 0 Å². The van der Waals surface area contributed by atoms with E-state index in [4.69, 9.17) is 9.73 Å². The molecule has 29 heavy (non-hydrogen) atoms. The van der Waals surface area contributed by atoms with Crippen molar-refractivity contribution in [1.29, 1.82) is 0 Å². The van der Waals surface area contributed by atoms with E-state index in [1.54, 1.807) is 0 Å². The molecule has 0 saturated carbocycles. The van der Waals surface area contributed by atoms with Gasteiger partial charge in [0, 0.05) is 53.0 Å². The summed E-state index contributed by atoms with van der Waals surface area (Å²) >= 11 is 0. The van der Waals surface area contributed by atoms with Crippen molar-refractivity contribution in [3.05, 3.63) is 35.9 Å². The van der Waals surface area contributed by atoms with Gasteiger partial charge < -0.3 is 19.9 Å². The minimum absolute atomic E-state index is 0.684. The number of guanidine groups is 1. The smallest absolute Gasteiger partial charge is 0.193 e. The molecule has 1 atom stereocenters. The Morgan fingerprint density at radius 2 is 1.97 bits per heavy atom. The Morgan fingerprint density at radius 1 is 1.17 bits per heavy atom. The van der Waals surface area contributed by atoms with E-state index in [1.807, 2.05) is 0 Å². The second-order valence-corrected chi connectivity index (χ2v) is 8.65. The predicted octanol–water partition coefficient (Wildman–Crippen LogP) is 3.27. The van der Waals surface area contributed by atoms with Crippen molar-refractivity contribution in [2.45, 2.75) is 39.0 Å². The molecule has 2 saturated heterocycles. The van der Waals surface area contributed by atoms with Crippen LogP contribution in [0.5, 0.6) is 0 Å². The van der Waals surface area contributed by atoms with Crippen LogP contribution in [0.1, 0.15) is 38.2 Å². The van der Waals surface area contributed by atoms with Gasteiger partial charge in [-0.3, -0.25) is 4.99 Å². The minimum Gasteiger partial charge on any atom is -0.381 e. The van der Waals surface area contributed by atoms with Crippen molar-refractivity contribution in [1.82, 2.24) is 15.1 Å². The molecule has 2 aliphatic heterocycles. The van der Waals surface area contributed by atoms with Crippen molar-refractivity contribution in [3.63, 3.8) is 0 Å². The number of nitrogens with zero attached hydrogens (tertiary/aromatic N) is 3. The minimum atomic E-state index is 0.684. The summed E-state index contributed by atoms with van der Waals surface area (Å²) in [5, 5.41) is 3.49. The van der Waals surface area contributed by atoms with E-state index in [-0.39, 0.29) is 0 Å². The van der Waals surface area contributed by atoms with Crippen LogP contribution in [-0.4, -0.2) is 75.3 Å². The molecule has 1 N–H and O–H groups in total. The summed E-state index contributed by atoms with van der Waals surface area (Å²) in [4.78, 5) is 9.92. The highest BCUT2D eigenvalue weighted by Gasteiger charge is 2.22. The molecule has 2 aliphatic rings. The van der Waals surface area contributed by atoms with E-state index < -0.39 is 0 Å². The van der Waals surface area contributed by atoms with Gasteiger partial charge in [0.25, 0.3) is 0 Å². The van der Waals surface area contributed by atoms with Crippen LogP contribution in [0, 0.1) is 11.8 Å². The standard InChI is InChI=1S/C24H40N4O/c1-3-25-24(27(2)14-9-22-12-17-29-18-13-22)26-19-23-11-16-28(20-23)15-10-21-7-5-4-6-8-21/h4-8,22-23H,3,9-20H2,1-2H3,(H,25,26). The molecule has 0 aromatic heterocycles. The lowest BCUT2D eigenvalue weighted by atomic mass is 9.96. The molecule has 5 nitrogen and oxygen atoms in total. The first kappa shape index (κ1) is 22.1. The first-order valence-electron chi connectivity index (χ1n) is 11.6. The zero-order chi connectivity index (χ0) is 20.3. The third-order valence-corrected chi connectivity index (χ3v) is 6.34. The van der Waals surface area contributed by atoms with Crippen molar-refractivity contribution in [2.75, 3.05) is 59.5 Å². The van der Waals surface area contributed by atoms with Crippen molar-refractivity contribution in [2.24, 2.45) is 16.8 Å². The third-order valence-electron chi connectivity index (χ3n) is 6.34. The Bertz CT molecular complexity index is 600. The number of hydrogen-bond acceptors (Lipinski definition) is 3. The van der Waals surface area contributed by atoms with Gasteiger partial charge in [0.05, 0.1) is 0 Å². The average Bonchev–Trinajstić information content (AvgIpc) is 3.23. The Morgan fingerprint density at radius 3 is 2.72 bits per heavy atom. The summed E-state index contributed by atoms with van der Waals surface area (Å²) in [7, 11) is 2.18. The van der Waals surface area contributed by atoms with E-state index in [9.17, 15) is 0 Å². The molecule has 162 valence electrons. The largest absolute Gasteiger partial charge is 0.381 e. The van der Waals surface area contributed by atoms with E-state index in [0.717, 1.165) is 57.7 Å². The number of aliphatic imine (C=N–C) groups is 1. The zero-order valence-corrected chi connectivity index (χ0v) is 18.5. The van der Waals surface area contributed by atoms with E-state index in [0.29, 0.717) is 5.92 Å². The number of rotatable bonds is 9. The molecule has 2 heterocycles. The predicted molar refractivity (Wildman–Crippen MR) is 121 cm³/mol. The number of benzene rings is 1. The van der Waals surface area contributed by atoms with Crippen LogP contribution in [0.2, 0.25) is 0 Å². The Labute approximate surface area is 177 Å². The molecule has 1 aromatic carbocycles. The van der Waals surface area contributed by atoms with Crippen LogP contribution in [0.15, 0.2) is 35.3 Å². The molecule has 0 radical (unpaired) electrons. The van der Waals surface area contributed by atoms with Crippen molar-refractivity contribution < 1.29 is 4.74 Å². The number of ether oxygens (including phenoxy) is 1. The molecule has 5 heteroatoms. The van der Waals surface area contributed by atoms with Crippen LogP contribution in [0.3, 0.4) is 0 Å². The van der Waals surface area contributed by atoms with Crippen LogP contribution < -0.4 is 5.32 Å². The van der Waals surface area contributed by atoms with Crippen LogP contribution in [0.4, 0.5) is 0 Å². The van der Waals surface area contributed by atoms with E-state index in [2.05, 4.69) is 59.4 Å². The van der Waals surface area contributed by atoms with Gasteiger partial charge in [-0.25, -0.2) is 0 Å². The van der Waals surface area contributed by atoms with Gasteiger partial charge in [-0.05, 0) is 63.0 Å². The lowest BCUT2D eigenvalue weighted by Gasteiger charge is -2.27. The maximum absolute atomic E-state index is 5.49. The highest BCUT2D eigenvalue weighted by atomic mass is 16.5. The lowest BCUT2D eigenvalue weighted by molar-refractivity contribution is 0.0625. The topological polar surface area (TPSA) is 40.1 Å². The van der Waals surface area contributed by atoms with Crippen LogP contribution in [-0.2, 0) is 11.2 Å². The fourth-order valence-electron chi connectivity index (χ4n) is 4.40. The molecule has 0 bridgehead atoms. The third kappa shape index (κ3) is 7.63. The lowest BCUT2D eigenvalue weighted by Crippen LogP contribution is -2.40. The summed E-state index contributed by atoms with van der Waals surface area (Å²) in [5.74, 6) is 2.56. The fraction of sp³-hybridized carbons (Fsp3) is 0.708. The molecular weight excluding hydrogens is 360 g/mol. The highest BCUT2D eigenvalue weighted by molar-refractivity contribution is 5.79. The second kappa shape index (κ2) is 12.2. The summed E-state index contributed by atoms with van der Waals surface area (Å²) in [6, 6.07) is 10.8. The monoisotopic (exact) mass is 400 g/mol. The average molecular weight is 401 g/mol. The van der Waals surface area contributed by atoms with Crippen LogP contribution in [0.25, 0.3) is 0 Å². The van der Waals surface area contributed by atoms with Gasteiger partial charge in [-0.2, -0.15) is 0 Å². The van der Waals surface area contributed by atoms with Gasteiger partial charge in [-0.1, -0.05) is 30.3 Å². The van der Waals surface area contributed by atoms with Gasteiger partial charge in [0.2, 0.25) is 0 Å². The SMILES string of the molecule is CCNC(=NCC1CCN(CCc2ccccc2)C1)N(C)CCC1CCOCC1. The molecular formula is C24H40N4O. The molecule has 1 unspecified atom stereocenters. The molecule has 0 spiro atoms. The maximum atomic E-state index is 5.49. The van der Waals surface area contributed by atoms with Gasteiger partial charge in [0.15, 0.2) is 5.96 Å². The molecule has 1 aromatic rings. The molecule has 3 rings (SSSR count). The number of likely N-dealkylation sites (tertiary alicyclic amines) is 1. The van der Waals surface area contributed by atoms with Gasteiger partial charge in [0.1, 0.15) is 0 Å². The molecule has 0 aliphatic carbocycles. The van der Waals surface area contributed by atoms with Gasteiger partial charge >= 0.3 is 0 Å². The second-order valence-electron chi connectivity index (χ2n) is 8.65. The van der Waals surface area contributed by atoms with Gasteiger partial charge in [-0.15, -0.1) is 0 Å². The fourth-order valence-corrected chi connectivity index (χ4v) is 4.40. The first-order chi connectivity index (χ1) is 14.2. The van der Waals surface area contributed by atoms with Crippen molar-refractivity contribution >= 4 is 5.96 Å². The quantitative estimate of drug-likeness (QED) is 0.510.